The van der Waals surface area contributed by atoms with Crippen LogP contribution in [0.3, 0.4) is 0 Å². The number of ether oxygens (including phenoxy) is 2. The van der Waals surface area contributed by atoms with E-state index in [1.165, 1.54) is 30.5 Å². The summed E-state index contributed by atoms with van der Waals surface area (Å²) in [5.74, 6) is 1.54. The molecule has 1 aromatic heterocycles. The van der Waals surface area contributed by atoms with Crippen molar-refractivity contribution in [3.63, 3.8) is 0 Å². The monoisotopic (exact) mass is 432 g/mol. The van der Waals surface area contributed by atoms with Gasteiger partial charge in [0.15, 0.2) is 0 Å². The molecule has 1 heterocycles. The molecule has 0 atom stereocenters. The van der Waals surface area contributed by atoms with Crippen molar-refractivity contribution in [2.75, 3.05) is 0 Å². The Balaban J connectivity index is 1.58. The Hall–Kier alpha value is -4.60. The third-order valence-electron chi connectivity index (χ3n) is 4.68. The van der Waals surface area contributed by atoms with Crippen LogP contribution in [0.4, 0.5) is 11.4 Å². The van der Waals surface area contributed by atoms with Gasteiger partial charge < -0.3 is 9.47 Å². The third-order valence-corrected chi connectivity index (χ3v) is 4.68. The maximum absolute atomic E-state index is 11.0. The number of nitro benzene ring substituents is 2. The highest BCUT2D eigenvalue weighted by molar-refractivity contribution is 5.76. The summed E-state index contributed by atoms with van der Waals surface area (Å²) in [5.41, 5.74) is 2.11. The number of aryl methyl sites for hydroxylation is 2. The molecular weight excluding hydrogens is 416 g/mol. The van der Waals surface area contributed by atoms with E-state index in [4.69, 9.17) is 9.47 Å². The zero-order chi connectivity index (χ0) is 22.8. The molecule has 0 aliphatic heterocycles. The lowest BCUT2D eigenvalue weighted by molar-refractivity contribution is -0.385. The second-order valence-corrected chi connectivity index (χ2v) is 6.97. The smallest absolute Gasteiger partial charge is 0.272 e. The first-order valence-corrected chi connectivity index (χ1v) is 9.43. The molecule has 0 unspecified atom stereocenters. The first kappa shape index (κ1) is 20.7. The van der Waals surface area contributed by atoms with Crippen LogP contribution in [-0.2, 0) is 0 Å². The van der Waals surface area contributed by atoms with Gasteiger partial charge in [-0.25, -0.2) is 9.97 Å². The van der Waals surface area contributed by atoms with Crippen molar-refractivity contribution < 1.29 is 19.3 Å². The van der Waals surface area contributed by atoms with Gasteiger partial charge in [0.1, 0.15) is 17.2 Å². The second-order valence-electron chi connectivity index (χ2n) is 6.97. The minimum absolute atomic E-state index is 0.00483. The quantitative estimate of drug-likeness (QED) is 0.282. The van der Waals surface area contributed by atoms with Gasteiger partial charge in [-0.05, 0) is 50.2 Å². The Bertz CT molecular complexity index is 1270. The van der Waals surface area contributed by atoms with Crippen molar-refractivity contribution in [3.8, 4) is 23.1 Å². The number of nitro groups is 2. The fourth-order valence-electron chi connectivity index (χ4n) is 3.14. The molecule has 0 aliphatic carbocycles. The SMILES string of the molecule is Cc1cc(Oc2ccc3ncc(Oc4ccc([N+](=O)[O-])c(C)c4)nc3c2)ccc1[N+](=O)[O-]. The van der Waals surface area contributed by atoms with Gasteiger partial charge >= 0.3 is 0 Å². The zero-order valence-electron chi connectivity index (χ0n) is 17.0. The van der Waals surface area contributed by atoms with Crippen LogP contribution in [0.25, 0.3) is 11.0 Å². The normalized spacial score (nSPS) is 10.7. The molecular formula is C22H16N4O6. The summed E-state index contributed by atoms with van der Waals surface area (Å²) in [5, 5.41) is 21.9. The molecule has 0 radical (unpaired) electrons. The summed E-state index contributed by atoms with van der Waals surface area (Å²) in [6.07, 6.45) is 1.46. The van der Waals surface area contributed by atoms with Gasteiger partial charge in [-0.15, -0.1) is 0 Å². The first-order valence-electron chi connectivity index (χ1n) is 9.43. The highest BCUT2D eigenvalue weighted by Crippen LogP contribution is 2.30. The van der Waals surface area contributed by atoms with Gasteiger partial charge in [0.2, 0.25) is 5.88 Å². The molecule has 0 saturated carbocycles. The highest BCUT2D eigenvalue weighted by Gasteiger charge is 2.13. The lowest BCUT2D eigenvalue weighted by atomic mass is 10.2. The van der Waals surface area contributed by atoms with E-state index in [1.807, 2.05) is 0 Å². The Morgan fingerprint density at radius 2 is 1.25 bits per heavy atom. The molecule has 0 amide bonds. The number of nitrogens with zero attached hydrogens (tertiary/aromatic N) is 4. The molecule has 0 spiro atoms. The predicted molar refractivity (Wildman–Crippen MR) is 115 cm³/mol. The molecule has 0 aliphatic rings. The molecule has 0 fully saturated rings. The van der Waals surface area contributed by atoms with Crippen molar-refractivity contribution in [2.24, 2.45) is 0 Å². The standard InChI is InChI=1S/C22H16N4O6/c1-13-9-15(4-7-20(13)25(27)28)31-17-3-6-18-19(11-17)24-22(12-23-18)32-16-5-8-21(26(29)30)14(2)10-16/h3-12H,1-2H3. The largest absolute Gasteiger partial charge is 0.457 e. The van der Waals surface area contributed by atoms with E-state index in [9.17, 15) is 20.2 Å². The van der Waals surface area contributed by atoms with Crippen molar-refractivity contribution >= 4 is 22.4 Å². The van der Waals surface area contributed by atoms with Crippen molar-refractivity contribution in [1.82, 2.24) is 9.97 Å². The van der Waals surface area contributed by atoms with E-state index in [-0.39, 0.29) is 17.3 Å². The van der Waals surface area contributed by atoms with Crippen LogP contribution in [0.2, 0.25) is 0 Å². The average molecular weight is 432 g/mol. The van der Waals surface area contributed by atoms with Crippen LogP contribution in [-0.4, -0.2) is 19.8 Å². The Morgan fingerprint density at radius 3 is 1.81 bits per heavy atom. The number of hydrogen-bond acceptors (Lipinski definition) is 8. The fourth-order valence-corrected chi connectivity index (χ4v) is 3.14. The average Bonchev–Trinajstić information content (AvgIpc) is 2.73. The van der Waals surface area contributed by atoms with Crippen LogP contribution in [0, 0.1) is 34.1 Å². The van der Waals surface area contributed by atoms with Crippen molar-refractivity contribution in [3.05, 3.63) is 92.1 Å². The fraction of sp³-hybridized carbons (Fsp3) is 0.0909. The molecule has 3 aromatic carbocycles. The molecule has 4 rings (SSSR count). The van der Waals surface area contributed by atoms with E-state index in [0.717, 1.165) is 0 Å². The van der Waals surface area contributed by atoms with E-state index < -0.39 is 9.85 Å². The first-order chi connectivity index (χ1) is 15.3. The van der Waals surface area contributed by atoms with E-state index >= 15 is 0 Å². The summed E-state index contributed by atoms with van der Waals surface area (Å²) < 4.78 is 11.5. The summed E-state index contributed by atoms with van der Waals surface area (Å²) >= 11 is 0. The number of rotatable bonds is 6. The van der Waals surface area contributed by atoms with Gasteiger partial charge in [0.05, 0.1) is 27.1 Å². The summed E-state index contributed by atoms with van der Waals surface area (Å²) in [7, 11) is 0. The lowest BCUT2D eigenvalue weighted by Crippen LogP contribution is -1.95. The summed E-state index contributed by atoms with van der Waals surface area (Å²) in [6, 6.07) is 14.0. The molecule has 0 saturated heterocycles. The molecule has 4 aromatic rings. The minimum atomic E-state index is -0.455. The second kappa shape index (κ2) is 8.26. The van der Waals surface area contributed by atoms with Gasteiger partial charge in [-0.3, -0.25) is 20.2 Å². The molecule has 160 valence electrons. The maximum atomic E-state index is 11.0. The van der Waals surface area contributed by atoms with Crippen LogP contribution >= 0.6 is 0 Å². The van der Waals surface area contributed by atoms with Gasteiger partial charge in [-0.1, -0.05) is 0 Å². The minimum Gasteiger partial charge on any atom is -0.457 e. The van der Waals surface area contributed by atoms with Gasteiger partial charge in [0.25, 0.3) is 11.4 Å². The van der Waals surface area contributed by atoms with Crippen LogP contribution in [0.1, 0.15) is 11.1 Å². The zero-order valence-corrected chi connectivity index (χ0v) is 17.0. The topological polar surface area (TPSA) is 131 Å². The lowest BCUT2D eigenvalue weighted by Gasteiger charge is -2.09. The number of aromatic nitrogens is 2. The molecule has 0 bridgehead atoms. The Morgan fingerprint density at radius 1 is 0.719 bits per heavy atom. The third kappa shape index (κ3) is 4.29. The van der Waals surface area contributed by atoms with Gasteiger partial charge in [-0.2, -0.15) is 0 Å². The van der Waals surface area contributed by atoms with E-state index in [0.29, 0.717) is 39.4 Å². The predicted octanol–water partition coefficient (Wildman–Crippen LogP) is 5.65. The van der Waals surface area contributed by atoms with Crippen LogP contribution in [0.5, 0.6) is 23.1 Å². The molecule has 10 nitrogen and oxygen atoms in total. The summed E-state index contributed by atoms with van der Waals surface area (Å²) in [4.78, 5) is 29.8. The van der Waals surface area contributed by atoms with Crippen molar-refractivity contribution in [1.29, 1.82) is 0 Å². The number of hydrogen-bond donors (Lipinski definition) is 0. The van der Waals surface area contributed by atoms with Crippen LogP contribution in [0.15, 0.2) is 60.8 Å². The highest BCUT2D eigenvalue weighted by atomic mass is 16.6. The van der Waals surface area contributed by atoms with E-state index in [2.05, 4.69) is 9.97 Å². The van der Waals surface area contributed by atoms with Crippen molar-refractivity contribution in [2.45, 2.75) is 13.8 Å². The van der Waals surface area contributed by atoms with E-state index in [1.54, 1.807) is 44.2 Å². The maximum Gasteiger partial charge on any atom is 0.272 e. The van der Waals surface area contributed by atoms with Crippen LogP contribution < -0.4 is 9.47 Å². The van der Waals surface area contributed by atoms with Gasteiger partial charge in [0, 0.05) is 29.3 Å². The molecule has 10 heteroatoms. The number of fused-ring (bicyclic) bond motifs is 1. The molecule has 32 heavy (non-hydrogen) atoms. The summed E-state index contributed by atoms with van der Waals surface area (Å²) in [6.45, 7) is 3.26. The Labute approximate surface area is 181 Å². The number of benzene rings is 3. The molecule has 0 N–H and O–H groups in total. The Kier molecular flexibility index (Phi) is 5.34.